The lowest BCUT2D eigenvalue weighted by Crippen LogP contribution is -2.23. The molecule has 0 amide bonds. The molecule has 0 atom stereocenters. The van der Waals surface area contributed by atoms with Crippen molar-refractivity contribution in [2.75, 3.05) is 7.11 Å². The number of methoxy groups -OCH3 is 1. The van der Waals surface area contributed by atoms with Gasteiger partial charge in [-0.15, -0.1) is 0 Å². The number of phenols is 1. The van der Waals surface area contributed by atoms with E-state index in [1.165, 1.54) is 19.2 Å². The van der Waals surface area contributed by atoms with Crippen LogP contribution in [-0.4, -0.2) is 28.9 Å². The molecule has 0 fully saturated rings. The molecule has 1 aliphatic carbocycles. The van der Waals surface area contributed by atoms with E-state index in [-0.39, 0.29) is 39.3 Å². The normalized spacial score (nSPS) is 12.8. The Morgan fingerprint density at radius 2 is 1.73 bits per heavy atom. The SMILES string of the molecule is COc1cc(O)cc2c1C(=O)c1c([O-])cc(CO)cc1C2=O. The summed E-state index contributed by atoms with van der Waals surface area (Å²) in [4.78, 5) is 25.1. The maximum atomic E-state index is 12.6. The number of rotatable bonds is 2. The highest BCUT2D eigenvalue weighted by atomic mass is 16.5. The van der Waals surface area contributed by atoms with Gasteiger partial charge in [0.15, 0.2) is 11.6 Å². The molecule has 0 heterocycles. The van der Waals surface area contributed by atoms with E-state index in [0.29, 0.717) is 0 Å². The Hall–Kier alpha value is -2.86. The second kappa shape index (κ2) is 4.85. The van der Waals surface area contributed by atoms with Crippen LogP contribution in [0.15, 0.2) is 24.3 Å². The number of benzene rings is 2. The number of carbonyl (C=O) groups is 2. The molecule has 0 spiro atoms. The molecule has 0 aromatic heterocycles. The summed E-state index contributed by atoms with van der Waals surface area (Å²) in [6.07, 6.45) is 0. The monoisotopic (exact) mass is 299 g/mol. The van der Waals surface area contributed by atoms with Gasteiger partial charge in [-0.25, -0.2) is 0 Å². The number of hydrogen-bond acceptors (Lipinski definition) is 6. The van der Waals surface area contributed by atoms with Gasteiger partial charge < -0.3 is 20.1 Å². The molecular formula is C16H11O6-. The average Bonchev–Trinajstić information content (AvgIpc) is 2.50. The Bertz CT molecular complexity index is 818. The van der Waals surface area contributed by atoms with Crippen LogP contribution in [0.1, 0.15) is 37.4 Å². The molecule has 2 aromatic carbocycles. The van der Waals surface area contributed by atoms with Gasteiger partial charge in [-0.3, -0.25) is 9.59 Å². The summed E-state index contributed by atoms with van der Waals surface area (Å²) in [5.41, 5.74) is -0.114. The summed E-state index contributed by atoms with van der Waals surface area (Å²) in [6.45, 7) is -0.416. The van der Waals surface area contributed by atoms with Crippen molar-refractivity contribution in [1.82, 2.24) is 0 Å². The summed E-state index contributed by atoms with van der Waals surface area (Å²) < 4.78 is 5.04. The van der Waals surface area contributed by atoms with Crippen LogP contribution in [0, 0.1) is 0 Å². The lowest BCUT2D eigenvalue weighted by molar-refractivity contribution is -0.268. The molecule has 2 aromatic rings. The smallest absolute Gasteiger partial charge is 0.197 e. The molecule has 0 aliphatic heterocycles. The predicted octanol–water partition coefficient (Wildman–Crippen LogP) is 0.742. The molecule has 6 heteroatoms. The van der Waals surface area contributed by atoms with Gasteiger partial charge in [0.2, 0.25) is 0 Å². The van der Waals surface area contributed by atoms with Crippen LogP contribution in [0.5, 0.6) is 17.2 Å². The van der Waals surface area contributed by atoms with Gasteiger partial charge in [-0.05, 0) is 17.7 Å². The van der Waals surface area contributed by atoms with E-state index in [1.807, 2.05) is 0 Å². The van der Waals surface area contributed by atoms with Crippen LogP contribution in [-0.2, 0) is 6.61 Å². The van der Waals surface area contributed by atoms with Crippen molar-refractivity contribution in [3.05, 3.63) is 52.1 Å². The highest BCUT2D eigenvalue weighted by molar-refractivity contribution is 6.30. The molecule has 0 saturated heterocycles. The Balaban J connectivity index is 2.35. The summed E-state index contributed by atoms with van der Waals surface area (Å²) in [6, 6.07) is 4.82. The Morgan fingerprint density at radius 1 is 1.05 bits per heavy atom. The molecule has 0 radical (unpaired) electrons. The van der Waals surface area contributed by atoms with Gasteiger partial charge in [-0.2, -0.15) is 0 Å². The Morgan fingerprint density at radius 3 is 2.36 bits per heavy atom. The maximum Gasteiger partial charge on any atom is 0.197 e. The van der Waals surface area contributed by atoms with Crippen LogP contribution in [0.3, 0.4) is 0 Å². The Labute approximate surface area is 125 Å². The molecule has 0 bridgehead atoms. The lowest BCUT2D eigenvalue weighted by Gasteiger charge is -2.24. The number of aliphatic hydroxyl groups excluding tert-OH is 1. The lowest BCUT2D eigenvalue weighted by atomic mass is 9.82. The largest absolute Gasteiger partial charge is 0.872 e. The molecule has 0 saturated carbocycles. The first-order valence-electron chi connectivity index (χ1n) is 6.43. The number of ketones is 2. The number of ether oxygens (including phenoxy) is 1. The molecule has 3 rings (SSSR count). The van der Waals surface area contributed by atoms with E-state index >= 15 is 0 Å². The van der Waals surface area contributed by atoms with Crippen molar-refractivity contribution in [2.24, 2.45) is 0 Å². The third-order valence-corrected chi connectivity index (χ3v) is 3.59. The highest BCUT2D eigenvalue weighted by Crippen LogP contribution is 2.38. The van der Waals surface area contributed by atoms with E-state index in [2.05, 4.69) is 0 Å². The second-order valence-corrected chi connectivity index (χ2v) is 4.90. The molecule has 1 aliphatic rings. The minimum Gasteiger partial charge on any atom is -0.872 e. The van der Waals surface area contributed by atoms with Crippen molar-refractivity contribution >= 4 is 11.6 Å². The number of fused-ring (bicyclic) bond motifs is 2. The minimum absolute atomic E-state index is 0.0242. The summed E-state index contributed by atoms with van der Waals surface area (Å²) >= 11 is 0. The van der Waals surface area contributed by atoms with Gasteiger partial charge in [-0.1, -0.05) is 11.8 Å². The van der Waals surface area contributed by atoms with Crippen LogP contribution in [0.2, 0.25) is 0 Å². The first-order chi connectivity index (χ1) is 10.5. The standard InChI is InChI=1S/C16H12O6/c1-22-12-5-8(18)4-10-14(12)16(21)13-9(15(10)20)2-7(6-17)3-11(13)19/h2-5,17-19H,6H2,1H3/p-1. The maximum absolute atomic E-state index is 12.6. The Kier molecular flexibility index (Phi) is 3.11. The van der Waals surface area contributed by atoms with Crippen LogP contribution < -0.4 is 9.84 Å². The van der Waals surface area contributed by atoms with Gasteiger partial charge in [0, 0.05) is 22.8 Å². The minimum atomic E-state index is -0.629. The fourth-order valence-electron chi connectivity index (χ4n) is 2.62. The first-order valence-corrected chi connectivity index (χ1v) is 6.43. The van der Waals surface area contributed by atoms with Gasteiger partial charge in [0.25, 0.3) is 0 Å². The number of hydrogen-bond donors (Lipinski definition) is 2. The van der Waals surface area contributed by atoms with Crippen molar-refractivity contribution < 1.29 is 29.6 Å². The zero-order valence-corrected chi connectivity index (χ0v) is 11.5. The second-order valence-electron chi connectivity index (χ2n) is 4.90. The summed E-state index contributed by atoms with van der Waals surface area (Å²) in [5, 5.41) is 30.9. The topological polar surface area (TPSA) is 107 Å². The molecule has 2 N–H and O–H groups in total. The summed E-state index contributed by atoms with van der Waals surface area (Å²) in [5.74, 6) is -2.01. The first kappa shape index (κ1) is 14.1. The fraction of sp³-hybridized carbons (Fsp3) is 0.125. The van der Waals surface area contributed by atoms with Crippen molar-refractivity contribution in [3.8, 4) is 17.2 Å². The van der Waals surface area contributed by atoms with Gasteiger partial charge in [0.05, 0.1) is 19.3 Å². The van der Waals surface area contributed by atoms with E-state index in [4.69, 9.17) is 9.84 Å². The van der Waals surface area contributed by atoms with Gasteiger partial charge in [0.1, 0.15) is 11.5 Å². The molecule has 6 nitrogen and oxygen atoms in total. The predicted molar refractivity (Wildman–Crippen MR) is 73.3 cm³/mol. The van der Waals surface area contributed by atoms with E-state index in [0.717, 1.165) is 12.1 Å². The molecule has 112 valence electrons. The van der Waals surface area contributed by atoms with E-state index in [1.54, 1.807) is 0 Å². The fourth-order valence-corrected chi connectivity index (χ4v) is 2.62. The third kappa shape index (κ3) is 1.85. The van der Waals surface area contributed by atoms with E-state index in [9.17, 15) is 19.8 Å². The highest BCUT2D eigenvalue weighted by Gasteiger charge is 2.33. The third-order valence-electron chi connectivity index (χ3n) is 3.59. The van der Waals surface area contributed by atoms with Gasteiger partial charge >= 0.3 is 0 Å². The number of carbonyl (C=O) groups excluding carboxylic acids is 2. The molecular weight excluding hydrogens is 288 g/mol. The number of aliphatic hydroxyl groups is 1. The van der Waals surface area contributed by atoms with Crippen molar-refractivity contribution in [3.63, 3.8) is 0 Å². The van der Waals surface area contributed by atoms with E-state index < -0.39 is 23.9 Å². The zero-order valence-electron chi connectivity index (χ0n) is 11.5. The van der Waals surface area contributed by atoms with Crippen molar-refractivity contribution in [2.45, 2.75) is 6.61 Å². The van der Waals surface area contributed by atoms with Crippen LogP contribution in [0.4, 0.5) is 0 Å². The number of aromatic hydroxyl groups is 1. The molecule has 0 unspecified atom stereocenters. The zero-order chi connectivity index (χ0) is 16.0. The average molecular weight is 299 g/mol. The summed E-state index contributed by atoms with van der Waals surface area (Å²) in [7, 11) is 1.30. The van der Waals surface area contributed by atoms with Crippen molar-refractivity contribution in [1.29, 1.82) is 0 Å². The van der Waals surface area contributed by atoms with Crippen LogP contribution >= 0.6 is 0 Å². The molecule has 22 heavy (non-hydrogen) atoms. The number of phenolic OH excluding ortho intramolecular Hbond substituents is 1. The van der Waals surface area contributed by atoms with Crippen LogP contribution in [0.25, 0.3) is 0 Å². The quantitative estimate of drug-likeness (QED) is 0.723.